The second-order valence-electron chi connectivity index (χ2n) is 5.77. The summed E-state index contributed by atoms with van der Waals surface area (Å²) >= 11 is 3.72. The maximum absolute atomic E-state index is 12.2. The summed E-state index contributed by atoms with van der Waals surface area (Å²) in [6, 6.07) is 14.4. The van der Waals surface area contributed by atoms with E-state index < -0.39 is 0 Å². The fourth-order valence-corrected chi connectivity index (χ4v) is 5.57. The molecule has 0 radical (unpaired) electrons. The van der Waals surface area contributed by atoms with E-state index in [4.69, 9.17) is 0 Å². The zero-order chi connectivity index (χ0) is 16.3. The summed E-state index contributed by atoms with van der Waals surface area (Å²) in [5.74, 6) is 2.22. The highest BCUT2D eigenvalue weighted by molar-refractivity contribution is 8.21. The minimum absolute atomic E-state index is 0.00699. The molecule has 0 saturated carbocycles. The number of hydrogen-bond acceptors (Lipinski definition) is 4. The summed E-state index contributed by atoms with van der Waals surface area (Å²) in [5.41, 5.74) is 4.60. The van der Waals surface area contributed by atoms with Crippen LogP contribution in [0.3, 0.4) is 0 Å². The lowest BCUT2D eigenvalue weighted by atomic mass is 10.0. The summed E-state index contributed by atoms with van der Waals surface area (Å²) in [6.07, 6.45) is 0.495. The van der Waals surface area contributed by atoms with E-state index >= 15 is 0 Å². The predicted molar refractivity (Wildman–Crippen MR) is 102 cm³/mol. The molecule has 2 aromatic rings. The van der Waals surface area contributed by atoms with Crippen molar-refractivity contribution < 1.29 is 4.79 Å². The number of hydrazone groups is 1. The maximum atomic E-state index is 12.2. The van der Waals surface area contributed by atoms with Crippen LogP contribution in [0.15, 0.2) is 47.6 Å². The number of rotatable bonds is 4. The molecule has 3 rings (SSSR count). The quantitative estimate of drug-likeness (QED) is 0.665. The number of benzene rings is 2. The molecule has 0 spiro atoms. The molecule has 0 aliphatic carbocycles. The third-order valence-corrected chi connectivity index (χ3v) is 7.20. The molecular formula is C18H20N2OS2. The van der Waals surface area contributed by atoms with Gasteiger partial charge in [0, 0.05) is 17.1 Å². The molecule has 1 fully saturated rings. The molecule has 120 valence electrons. The van der Waals surface area contributed by atoms with Gasteiger partial charge in [-0.2, -0.15) is 5.10 Å². The standard InChI is InChI=1S/C18H20N2OS2/c1-13(15-9-5-7-14-6-3-4-8-16(14)15)19-20-17(21)12-18(2)22-10-11-23-18/h3-9H,10-12H2,1-2H3,(H,20,21). The molecule has 1 heterocycles. The molecule has 2 aromatic carbocycles. The molecule has 1 N–H and O–H groups in total. The third kappa shape index (κ3) is 3.90. The molecule has 0 bridgehead atoms. The predicted octanol–water partition coefficient (Wildman–Crippen LogP) is 4.27. The summed E-state index contributed by atoms with van der Waals surface area (Å²) in [6.45, 7) is 4.07. The van der Waals surface area contributed by atoms with Gasteiger partial charge in [-0.3, -0.25) is 4.79 Å². The fraction of sp³-hybridized carbons (Fsp3) is 0.333. The minimum Gasteiger partial charge on any atom is -0.273 e. The van der Waals surface area contributed by atoms with Gasteiger partial charge < -0.3 is 0 Å². The summed E-state index contributed by atoms with van der Waals surface area (Å²) < 4.78 is -0.00699. The second kappa shape index (κ2) is 6.97. The van der Waals surface area contributed by atoms with Crippen LogP contribution in [0, 0.1) is 0 Å². The summed E-state index contributed by atoms with van der Waals surface area (Å²) in [5, 5.41) is 6.65. The van der Waals surface area contributed by atoms with Crippen molar-refractivity contribution in [3.8, 4) is 0 Å². The van der Waals surface area contributed by atoms with Gasteiger partial charge >= 0.3 is 0 Å². The molecule has 0 aromatic heterocycles. The zero-order valence-electron chi connectivity index (χ0n) is 13.3. The van der Waals surface area contributed by atoms with E-state index in [9.17, 15) is 4.79 Å². The number of hydrogen-bond donors (Lipinski definition) is 1. The van der Waals surface area contributed by atoms with Gasteiger partial charge in [-0.15, -0.1) is 23.5 Å². The van der Waals surface area contributed by atoms with Crippen LogP contribution in [0.4, 0.5) is 0 Å². The SMILES string of the molecule is CC(=NNC(=O)CC1(C)SCCS1)c1cccc2ccccc12. The summed E-state index contributed by atoms with van der Waals surface area (Å²) in [7, 11) is 0. The van der Waals surface area contributed by atoms with Gasteiger partial charge in [0.1, 0.15) is 0 Å². The topological polar surface area (TPSA) is 41.5 Å². The van der Waals surface area contributed by atoms with Gasteiger partial charge in [0.25, 0.3) is 0 Å². The van der Waals surface area contributed by atoms with Crippen molar-refractivity contribution in [2.24, 2.45) is 5.10 Å². The Morgan fingerprint density at radius 2 is 1.87 bits per heavy atom. The van der Waals surface area contributed by atoms with Gasteiger partial charge in [-0.1, -0.05) is 42.5 Å². The Hall–Kier alpha value is -1.46. The highest BCUT2D eigenvalue weighted by Gasteiger charge is 2.32. The van der Waals surface area contributed by atoms with Crippen LogP contribution in [-0.2, 0) is 4.79 Å². The Bertz CT molecular complexity index is 746. The van der Waals surface area contributed by atoms with Gasteiger partial charge in [0.2, 0.25) is 5.91 Å². The van der Waals surface area contributed by atoms with Crippen LogP contribution in [0.25, 0.3) is 10.8 Å². The average molecular weight is 345 g/mol. The number of nitrogens with zero attached hydrogens (tertiary/aromatic N) is 1. The molecule has 0 unspecified atom stereocenters. The highest BCUT2D eigenvalue weighted by Crippen LogP contribution is 2.45. The molecule has 3 nitrogen and oxygen atoms in total. The molecule has 0 atom stereocenters. The average Bonchev–Trinajstić information content (AvgIpc) is 2.98. The molecule has 1 aliphatic heterocycles. The van der Waals surface area contributed by atoms with Crippen molar-refractivity contribution >= 4 is 45.9 Å². The van der Waals surface area contributed by atoms with Crippen molar-refractivity contribution in [1.82, 2.24) is 5.43 Å². The smallest absolute Gasteiger partial charge is 0.242 e. The van der Waals surface area contributed by atoms with E-state index in [1.807, 2.05) is 54.7 Å². The lowest BCUT2D eigenvalue weighted by molar-refractivity contribution is -0.121. The van der Waals surface area contributed by atoms with Crippen molar-refractivity contribution in [3.05, 3.63) is 48.0 Å². The number of carbonyl (C=O) groups is 1. The largest absolute Gasteiger partial charge is 0.273 e. The van der Waals surface area contributed by atoms with Gasteiger partial charge in [0.15, 0.2) is 0 Å². The number of thioether (sulfide) groups is 2. The normalized spacial score (nSPS) is 17.4. The van der Waals surface area contributed by atoms with Crippen LogP contribution in [0.2, 0.25) is 0 Å². The van der Waals surface area contributed by atoms with Gasteiger partial charge in [-0.25, -0.2) is 5.43 Å². The second-order valence-corrected chi connectivity index (χ2v) is 9.22. The van der Waals surface area contributed by atoms with Crippen LogP contribution in [-0.4, -0.2) is 27.2 Å². The number of nitrogens with one attached hydrogen (secondary N) is 1. The van der Waals surface area contributed by atoms with Crippen molar-refractivity contribution in [1.29, 1.82) is 0 Å². The van der Waals surface area contributed by atoms with Gasteiger partial charge in [-0.05, 0) is 24.6 Å². The molecule has 1 saturated heterocycles. The first-order chi connectivity index (χ1) is 11.1. The molecular weight excluding hydrogens is 324 g/mol. The Morgan fingerprint density at radius 1 is 1.17 bits per heavy atom. The maximum Gasteiger partial charge on any atom is 0.242 e. The lowest BCUT2D eigenvalue weighted by Gasteiger charge is -2.19. The molecule has 1 amide bonds. The van der Waals surface area contributed by atoms with E-state index in [1.54, 1.807) is 0 Å². The van der Waals surface area contributed by atoms with Gasteiger partial charge in [0.05, 0.1) is 16.2 Å². The van der Waals surface area contributed by atoms with Crippen molar-refractivity contribution in [2.45, 2.75) is 24.3 Å². The molecule has 1 aliphatic rings. The first-order valence-electron chi connectivity index (χ1n) is 7.67. The molecule has 5 heteroatoms. The number of amides is 1. The minimum atomic E-state index is -0.0195. The Kier molecular flexibility index (Phi) is 4.97. The number of carbonyl (C=O) groups excluding carboxylic acids is 1. The highest BCUT2D eigenvalue weighted by atomic mass is 32.2. The Balaban J connectivity index is 1.73. The Morgan fingerprint density at radius 3 is 2.65 bits per heavy atom. The van der Waals surface area contributed by atoms with E-state index in [0.29, 0.717) is 6.42 Å². The first kappa shape index (κ1) is 16.4. The number of fused-ring (bicyclic) bond motifs is 1. The Labute approximate surface area is 145 Å². The van der Waals surface area contributed by atoms with E-state index in [2.05, 4.69) is 35.7 Å². The van der Waals surface area contributed by atoms with Crippen molar-refractivity contribution in [2.75, 3.05) is 11.5 Å². The van der Waals surface area contributed by atoms with Crippen molar-refractivity contribution in [3.63, 3.8) is 0 Å². The lowest BCUT2D eigenvalue weighted by Crippen LogP contribution is -2.26. The van der Waals surface area contributed by atoms with Crippen LogP contribution >= 0.6 is 23.5 Å². The molecule has 23 heavy (non-hydrogen) atoms. The van der Waals surface area contributed by atoms with Crippen LogP contribution in [0.5, 0.6) is 0 Å². The fourth-order valence-electron chi connectivity index (χ4n) is 2.74. The zero-order valence-corrected chi connectivity index (χ0v) is 15.0. The summed E-state index contributed by atoms with van der Waals surface area (Å²) in [4.78, 5) is 12.2. The van der Waals surface area contributed by atoms with E-state index in [1.165, 1.54) is 5.39 Å². The third-order valence-electron chi connectivity index (χ3n) is 3.91. The first-order valence-corrected chi connectivity index (χ1v) is 9.64. The monoisotopic (exact) mass is 344 g/mol. The van der Waals surface area contributed by atoms with Crippen LogP contribution in [0.1, 0.15) is 25.8 Å². The van der Waals surface area contributed by atoms with E-state index in [0.717, 1.165) is 28.2 Å². The van der Waals surface area contributed by atoms with Crippen LogP contribution < -0.4 is 5.43 Å². The van der Waals surface area contributed by atoms with E-state index in [-0.39, 0.29) is 9.99 Å².